The summed E-state index contributed by atoms with van der Waals surface area (Å²) in [7, 11) is 1.55. The highest BCUT2D eigenvalue weighted by Gasteiger charge is 2.05. The predicted molar refractivity (Wildman–Crippen MR) is 60.3 cm³/mol. The zero-order chi connectivity index (χ0) is 12.0. The summed E-state index contributed by atoms with van der Waals surface area (Å²) in [5, 5.41) is 5.40. The molecule has 0 aliphatic carbocycles. The van der Waals surface area contributed by atoms with Crippen LogP contribution in [0.25, 0.3) is 0 Å². The molecule has 5 nitrogen and oxygen atoms in total. The largest absolute Gasteiger partial charge is 0.359 e. The molecule has 1 aromatic rings. The van der Waals surface area contributed by atoms with Crippen molar-refractivity contribution < 1.29 is 9.59 Å². The van der Waals surface area contributed by atoms with Gasteiger partial charge in [0.1, 0.15) is 5.15 Å². The Hall–Kier alpha value is -1.62. The van der Waals surface area contributed by atoms with Gasteiger partial charge in [0.15, 0.2) is 0 Å². The van der Waals surface area contributed by atoms with Crippen LogP contribution in [0.4, 0.5) is 0 Å². The topological polar surface area (TPSA) is 71.1 Å². The summed E-state index contributed by atoms with van der Waals surface area (Å²) in [6, 6.07) is 3.11. The highest BCUT2D eigenvalue weighted by Crippen LogP contribution is 2.04. The van der Waals surface area contributed by atoms with Crippen LogP contribution >= 0.6 is 11.6 Å². The molecule has 86 valence electrons. The Morgan fingerprint density at radius 2 is 2.19 bits per heavy atom. The summed E-state index contributed by atoms with van der Waals surface area (Å²) < 4.78 is 0. The third-order valence-corrected chi connectivity index (χ3v) is 2.13. The molecule has 0 aliphatic rings. The maximum Gasteiger partial charge on any atom is 0.252 e. The number of nitrogens with zero attached hydrogens (tertiary/aromatic N) is 1. The van der Waals surface area contributed by atoms with E-state index in [0.717, 1.165) is 0 Å². The number of aromatic nitrogens is 1. The number of rotatable bonds is 4. The number of halogens is 1. The SMILES string of the molecule is CNC(=O)CCNC(=O)c1ccc(Cl)nc1. The first-order valence-electron chi connectivity index (χ1n) is 4.74. The molecule has 6 heteroatoms. The molecule has 1 aromatic heterocycles. The van der Waals surface area contributed by atoms with Gasteiger partial charge in [-0.15, -0.1) is 0 Å². The minimum Gasteiger partial charge on any atom is -0.359 e. The summed E-state index contributed by atoms with van der Waals surface area (Å²) >= 11 is 5.59. The van der Waals surface area contributed by atoms with Crippen LogP contribution in [0.3, 0.4) is 0 Å². The van der Waals surface area contributed by atoms with Crippen LogP contribution in [0.15, 0.2) is 18.3 Å². The number of nitrogens with one attached hydrogen (secondary N) is 2. The number of amides is 2. The van der Waals surface area contributed by atoms with E-state index in [0.29, 0.717) is 17.3 Å². The lowest BCUT2D eigenvalue weighted by molar-refractivity contribution is -0.120. The van der Waals surface area contributed by atoms with Crippen molar-refractivity contribution in [1.82, 2.24) is 15.6 Å². The van der Waals surface area contributed by atoms with Gasteiger partial charge in [-0.25, -0.2) is 4.98 Å². The minimum absolute atomic E-state index is 0.116. The molecule has 1 rings (SSSR count). The van der Waals surface area contributed by atoms with E-state index in [2.05, 4.69) is 15.6 Å². The van der Waals surface area contributed by atoms with Gasteiger partial charge in [0, 0.05) is 26.2 Å². The lowest BCUT2D eigenvalue weighted by atomic mass is 10.2. The molecule has 0 atom stereocenters. The van der Waals surface area contributed by atoms with E-state index in [9.17, 15) is 9.59 Å². The maximum absolute atomic E-state index is 11.5. The standard InChI is InChI=1S/C10H12ClN3O2/c1-12-9(15)4-5-13-10(16)7-2-3-8(11)14-6-7/h2-3,6H,4-5H2,1H3,(H,12,15)(H,13,16). The van der Waals surface area contributed by atoms with Crippen LogP contribution in [0.1, 0.15) is 16.8 Å². The first-order chi connectivity index (χ1) is 7.63. The van der Waals surface area contributed by atoms with Crippen molar-refractivity contribution in [2.24, 2.45) is 0 Å². The Morgan fingerprint density at radius 1 is 1.44 bits per heavy atom. The van der Waals surface area contributed by atoms with Gasteiger partial charge < -0.3 is 10.6 Å². The van der Waals surface area contributed by atoms with Crippen molar-refractivity contribution >= 4 is 23.4 Å². The fourth-order valence-electron chi connectivity index (χ4n) is 1.03. The van der Waals surface area contributed by atoms with Gasteiger partial charge in [-0.3, -0.25) is 9.59 Å². The molecule has 0 fully saturated rings. The van der Waals surface area contributed by atoms with Gasteiger partial charge >= 0.3 is 0 Å². The number of carbonyl (C=O) groups excluding carboxylic acids is 2. The molecule has 0 bridgehead atoms. The zero-order valence-corrected chi connectivity index (χ0v) is 9.54. The van der Waals surface area contributed by atoms with Crippen LogP contribution in [-0.4, -0.2) is 30.4 Å². The first kappa shape index (κ1) is 12.4. The second-order valence-electron chi connectivity index (χ2n) is 3.05. The van der Waals surface area contributed by atoms with E-state index in [1.807, 2.05) is 0 Å². The van der Waals surface area contributed by atoms with E-state index in [1.165, 1.54) is 12.3 Å². The van der Waals surface area contributed by atoms with Gasteiger partial charge in [-0.1, -0.05) is 11.6 Å². The highest BCUT2D eigenvalue weighted by molar-refractivity contribution is 6.29. The van der Waals surface area contributed by atoms with Crippen molar-refractivity contribution in [3.63, 3.8) is 0 Å². The molecule has 2 amide bonds. The van der Waals surface area contributed by atoms with Crippen molar-refractivity contribution in [3.8, 4) is 0 Å². The van der Waals surface area contributed by atoms with E-state index in [1.54, 1.807) is 13.1 Å². The van der Waals surface area contributed by atoms with Gasteiger partial charge in [-0.2, -0.15) is 0 Å². The lowest BCUT2D eigenvalue weighted by Gasteiger charge is -2.04. The zero-order valence-electron chi connectivity index (χ0n) is 8.79. The molecule has 1 heterocycles. The van der Waals surface area contributed by atoms with Crippen molar-refractivity contribution in [3.05, 3.63) is 29.0 Å². The normalized spacial score (nSPS) is 9.62. The smallest absolute Gasteiger partial charge is 0.252 e. The Balaban J connectivity index is 2.41. The van der Waals surface area contributed by atoms with Crippen molar-refractivity contribution in [2.45, 2.75) is 6.42 Å². The fraction of sp³-hybridized carbons (Fsp3) is 0.300. The molecule has 0 radical (unpaired) electrons. The average molecular weight is 242 g/mol. The summed E-state index contributed by atoms with van der Waals surface area (Å²) in [5.74, 6) is -0.386. The van der Waals surface area contributed by atoms with Crippen LogP contribution < -0.4 is 10.6 Å². The lowest BCUT2D eigenvalue weighted by Crippen LogP contribution is -2.29. The summed E-state index contributed by atoms with van der Waals surface area (Å²) in [4.78, 5) is 26.2. The highest BCUT2D eigenvalue weighted by atomic mass is 35.5. The maximum atomic E-state index is 11.5. The number of pyridine rings is 1. The Labute approximate surface area is 98.2 Å². The molecule has 0 saturated heterocycles. The molecule has 0 aromatic carbocycles. The summed E-state index contributed by atoms with van der Waals surface area (Å²) in [6.07, 6.45) is 1.64. The monoisotopic (exact) mass is 241 g/mol. The molecule has 0 unspecified atom stereocenters. The average Bonchev–Trinajstić information content (AvgIpc) is 2.29. The van der Waals surface area contributed by atoms with Crippen LogP contribution in [0.5, 0.6) is 0 Å². The minimum atomic E-state index is -0.270. The Bertz CT molecular complexity index is 378. The molecule has 16 heavy (non-hydrogen) atoms. The van der Waals surface area contributed by atoms with E-state index < -0.39 is 0 Å². The third kappa shape index (κ3) is 3.86. The molecular weight excluding hydrogens is 230 g/mol. The fourth-order valence-corrected chi connectivity index (χ4v) is 1.14. The number of hydrogen-bond donors (Lipinski definition) is 2. The van der Waals surface area contributed by atoms with Crippen LogP contribution in [-0.2, 0) is 4.79 Å². The predicted octanol–water partition coefficient (Wildman–Crippen LogP) is 0.601. The third-order valence-electron chi connectivity index (χ3n) is 1.91. The van der Waals surface area contributed by atoms with Gasteiger partial charge in [-0.05, 0) is 12.1 Å². The second kappa shape index (κ2) is 6.07. The number of carbonyl (C=O) groups is 2. The van der Waals surface area contributed by atoms with Crippen LogP contribution in [0, 0.1) is 0 Å². The van der Waals surface area contributed by atoms with E-state index in [4.69, 9.17) is 11.6 Å². The summed E-state index contributed by atoms with van der Waals surface area (Å²) in [5.41, 5.74) is 0.418. The van der Waals surface area contributed by atoms with Crippen molar-refractivity contribution in [2.75, 3.05) is 13.6 Å². The molecule has 2 N–H and O–H groups in total. The Morgan fingerprint density at radius 3 is 2.75 bits per heavy atom. The molecular formula is C10H12ClN3O2. The van der Waals surface area contributed by atoms with Crippen molar-refractivity contribution in [1.29, 1.82) is 0 Å². The van der Waals surface area contributed by atoms with Crippen LogP contribution in [0.2, 0.25) is 5.15 Å². The molecule has 0 spiro atoms. The quantitative estimate of drug-likeness (QED) is 0.759. The Kier molecular flexibility index (Phi) is 4.72. The molecule has 0 aliphatic heterocycles. The van der Waals surface area contributed by atoms with E-state index in [-0.39, 0.29) is 18.2 Å². The van der Waals surface area contributed by atoms with Gasteiger partial charge in [0.25, 0.3) is 5.91 Å². The first-order valence-corrected chi connectivity index (χ1v) is 5.11. The number of hydrogen-bond acceptors (Lipinski definition) is 3. The molecule has 0 saturated carbocycles. The summed E-state index contributed by atoms with van der Waals surface area (Å²) in [6.45, 7) is 0.293. The van der Waals surface area contributed by atoms with Gasteiger partial charge in [0.05, 0.1) is 5.56 Å². The van der Waals surface area contributed by atoms with Gasteiger partial charge in [0.2, 0.25) is 5.91 Å². The second-order valence-corrected chi connectivity index (χ2v) is 3.44. The van der Waals surface area contributed by atoms with E-state index >= 15 is 0 Å².